The third-order valence-electron chi connectivity index (χ3n) is 6.05. The molecule has 136 valence electrons. The van der Waals surface area contributed by atoms with Gasteiger partial charge in [-0.15, -0.1) is 5.10 Å². The lowest BCUT2D eigenvalue weighted by atomic mass is 9.79. The van der Waals surface area contributed by atoms with Crippen molar-refractivity contribution in [1.29, 1.82) is 0 Å². The Morgan fingerprint density at radius 1 is 1.27 bits per heavy atom. The molecule has 2 N–H and O–H groups in total. The van der Waals surface area contributed by atoms with Crippen molar-refractivity contribution in [3.8, 4) is 0 Å². The number of H-pyrrole nitrogens is 1. The summed E-state index contributed by atoms with van der Waals surface area (Å²) >= 11 is 0. The van der Waals surface area contributed by atoms with Crippen molar-refractivity contribution in [2.45, 2.75) is 31.6 Å². The van der Waals surface area contributed by atoms with E-state index in [1.807, 2.05) is 12.3 Å². The Labute approximate surface area is 150 Å². The number of carbonyl (C=O) groups is 1. The van der Waals surface area contributed by atoms with Gasteiger partial charge in [0.05, 0.1) is 11.6 Å². The molecule has 0 amide bonds. The maximum absolute atomic E-state index is 10.9. The van der Waals surface area contributed by atoms with E-state index in [4.69, 9.17) is 5.11 Å². The van der Waals surface area contributed by atoms with Crippen LogP contribution in [-0.2, 0) is 4.79 Å². The molecule has 1 saturated carbocycles. The SMILES string of the molecule is O=C(O)C1CN(CC2CCC(c3nnn4cnc5[nH]ccc5c34)CC2)C1. The van der Waals surface area contributed by atoms with Gasteiger partial charge in [0.1, 0.15) is 17.5 Å². The lowest BCUT2D eigenvalue weighted by Gasteiger charge is -2.40. The zero-order chi connectivity index (χ0) is 17.7. The average molecular weight is 354 g/mol. The van der Waals surface area contributed by atoms with Crippen LogP contribution in [0.3, 0.4) is 0 Å². The fraction of sp³-hybridized carbons (Fsp3) is 0.556. The lowest BCUT2D eigenvalue weighted by molar-refractivity contribution is -0.147. The first-order valence-electron chi connectivity index (χ1n) is 9.31. The fourth-order valence-electron chi connectivity index (χ4n) is 4.55. The van der Waals surface area contributed by atoms with Crippen LogP contribution in [0.4, 0.5) is 0 Å². The van der Waals surface area contributed by atoms with Gasteiger partial charge in [0, 0.05) is 37.1 Å². The second-order valence-corrected chi connectivity index (χ2v) is 7.72. The topological polar surface area (TPSA) is 99.4 Å². The van der Waals surface area contributed by atoms with E-state index in [0.717, 1.165) is 41.6 Å². The van der Waals surface area contributed by atoms with Crippen LogP contribution in [0.5, 0.6) is 0 Å². The van der Waals surface area contributed by atoms with E-state index in [-0.39, 0.29) is 5.92 Å². The molecule has 4 heterocycles. The number of aliphatic carboxylic acids is 1. The van der Waals surface area contributed by atoms with E-state index in [1.54, 1.807) is 10.8 Å². The van der Waals surface area contributed by atoms with Gasteiger partial charge < -0.3 is 15.0 Å². The molecule has 0 aromatic carbocycles. The molecule has 3 aromatic heterocycles. The normalized spacial score (nSPS) is 24.9. The van der Waals surface area contributed by atoms with E-state index in [0.29, 0.717) is 24.9 Å². The molecule has 2 aliphatic rings. The van der Waals surface area contributed by atoms with Crippen LogP contribution >= 0.6 is 0 Å². The number of aromatic nitrogens is 5. The minimum atomic E-state index is -0.658. The minimum absolute atomic E-state index is 0.160. The zero-order valence-electron chi connectivity index (χ0n) is 14.5. The second kappa shape index (κ2) is 6.05. The zero-order valence-corrected chi connectivity index (χ0v) is 14.5. The van der Waals surface area contributed by atoms with E-state index in [2.05, 4.69) is 25.2 Å². The Balaban J connectivity index is 1.27. The summed E-state index contributed by atoms with van der Waals surface area (Å²) in [4.78, 5) is 20.7. The standard InChI is InChI=1S/C18H22N6O2/c25-18(26)13-8-23(9-13)7-11-1-3-12(4-2-11)15-16-14-5-6-19-17(14)20-10-24(16)22-21-15/h5-6,10-13,19H,1-4,7-9H2,(H,25,26). The van der Waals surface area contributed by atoms with Crippen molar-refractivity contribution in [1.82, 2.24) is 29.7 Å². The molecule has 0 radical (unpaired) electrons. The summed E-state index contributed by atoms with van der Waals surface area (Å²) in [6.07, 6.45) is 8.19. The molecule has 3 aromatic rings. The van der Waals surface area contributed by atoms with Gasteiger partial charge in [-0.2, -0.15) is 0 Å². The number of nitrogens with one attached hydrogen (secondary N) is 1. The predicted octanol–water partition coefficient (Wildman–Crippen LogP) is 1.90. The first-order chi connectivity index (χ1) is 12.7. The van der Waals surface area contributed by atoms with E-state index in [1.165, 1.54) is 12.8 Å². The Morgan fingerprint density at radius 3 is 2.85 bits per heavy atom. The summed E-state index contributed by atoms with van der Waals surface area (Å²) in [7, 11) is 0. The molecule has 0 spiro atoms. The van der Waals surface area contributed by atoms with Crippen LogP contribution in [0.2, 0.25) is 0 Å². The highest BCUT2D eigenvalue weighted by molar-refractivity contribution is 5.92. The van der Waals surface area contributed by atoms with Gasteiger partial charge in [-0.25, -0.2) is 9.50 Å². The van der Waals surface area contributed by atoms with Crippen LogP contribution in [0.15, 0.2) is 18.6 Å². The summed E-state index contributed by atoms with van der Waals surface area (Å²) in [6, 6.07) is 2.04. The number of hydrogen-bond donors (Lipinski definition) is 2. The Hall–Kier alpha value is -2.48. The van der Waals surface area contributed by atoms with Gasteiger partial charge >= 0.3 is 5.97 Å². The van der Waals surface area contributed by atoms with Crippen LogP contribution in [-0.4, -0.2) is 60.4 Å². The van der Waals surface area contributed by atoms with E-state index < -0.39 is 5.97 Å². The first kappa shape index (κ1) is 15.7. The molecule has 0 bridgehead atoms. The van der Waals surface area contributed by atoms with Crippen molar-refractivity contribution in [2.75, 3.05) is 19.6 Å². The highest BCUT2D eigenvalue weighted by atomic mass is 16.4. The van der Waals surface area contributed by atoms with Crippen molar-refractivity contribution in [3.05, 3.63) is 24.3 Å². The maximum Gasteiger partial charge on any atom is 0.309 e. The van der Waals surface area contributed by atoms with Gasteiger partial charge in [-0.3, -0.25) is 4.79 Å². The summed E-state index contributed by atoms with van der Waals surface area (Å²) in [5.41, 5.74) is 3.04. The number of nitrogens with zero attached hydrogens (tertiary/aromatic N) is 5. The van der Waals surface area contributed by atoms with Crippen LogP contribution in [0.1, 0.15) is 37.3 Å². The maximum atomic E-state index is 10.9. The van der Waals surface area contributed by atoms with Crippen molar-refractivity contribution < 1.29 is 9.90 Å². The van der Waals surface area contributed by atoms with Crippen molar-refractivity contribution in [2.24, 2.45) is 11.8 Å². The molecule has 5 rings (SSSR count). The predicted molar refractivity (Wildman–Crippen MR) is 94.9 cm³/mol. The first-order valence-corrected chi connectivity index (χ1v) is 9.31. The average Bonchev–Trinajstić information content (AvgIpc) is 3.23. The van der Waals surface area contributed by atoms with E-state index >= 15 is 0 Å². The molecule has 0 unspecified atom stereocenters. The molecular formula is C18H22N6O2. The Morgan fingerprint density at radius 2 is 2.08 bits per heavy atom. The van der Waals surface area contributed by atoms with E-state index in [9.17, 15) is 4.79 Å². The number of carboxylic acid groups (broad SMARTS) is 1. The molecule has 1 aliphatic carbocycles. The van der Waals surface area contributed by atoms with Gasteiger partial charge in [0.15, 0.2) is 0 Å². The smallest absolute Gasteiger partial charge is 0.309 e. The van der Waals surface area contributed by atoms with Gasteiger partial charge in [-0.05, 0) is 37.7 Å². The van der Waals surface area contributed by atoms with Gasteiger partial charge in [0.25, 0.3) is 0 Å². The molecule has 8 heteroatoms. The fourth-order valence-corrected chi connectivity index (χ4v) is 4.55. The molecule has 26 heavy (non-hydrogen) atoms. The molecule has 2 fully saturated rings. The summed E-state index contributed by atoms with van der Waals surface area (Å²) < 4.78 is 1.78. The molecule has 1 saturated heterocycles. The van der Waals surface area contributed by atoms with Crippen LogP contribution < -0.4 is 0 Å². The lowest BCUT2D eigenvalue weighted by Crippen LogP contribution is -2.52. The monoisotopic (exact) mass is 354 g/mol. The summed E-state index contributed by atoms with van der Waals surface area (Å²) in [5, 5.41) is 18.8. The third kappa shape index (κ3) is 2.56. The quantitative estimate of drug-likeness (QED) is 0.742. The summed E-state index contributed by atoms with van der Waals surface area (Å²) in [5.74, 6) is 0.283. The molecule has 1 aliphatic heterocycles. The number of aromatic amines is 1. The number of hydrogen-bond acceptors (Lipinski definition) is 5. The Bertz CT molecular complexity index is 949. The van der Waals surface area contributed by atoms with Crippen LogP contribution in [0.25, 0.3) is 16.6 Å². The van der Waals surface area contributed by atoms with Crippen molar-refractivity contribution >= 4 is 22.5 Å². The number of fused-ring (bicyclic) bond motifs is 3. The molecular weight excluding hydrogens is 332 g/mol. The highest BCUT2D eigenvalue weighted by Crippen LogP contribution is 2.38. The largest absolute Gasteiger partial charge is 0.481 e. The molecule has 8 nitrogen and oxygen atoms in total. The second-order valence-electron chi connectivity index (χ2n) is 7.72. The van der Waals surface area contributed by atoms with Crippen LogP contribution in [0, 0.1) is 11.8 Å². The van der Waals surface area contributed by atoms with Gasteiger partial charge in [0.2, 0.25) is 0 Å². The third-order valence-corrected chi connectivity index (χ3v) is 6.05. The highest BCUT2D eigenvalue weighted by Gasteiger charge is 2.35. The molecule has 0 atom stereocenters. The minimum Gasteiger partial charge on any atom is -0.481 e. The van der Waals surface area contributed by atoms with Gasteiger partial charge in [-0.1, -0.05) is 5.21 Å². The number of carboxylic acids is 1. The number of likely N-dealkylation sites (tertiary alicyclic amines) is 1. The van der Waals surface area contributed by atoms with Crippen molar-refractivity contribution in [3.63, 3.8) is 0 Å². The summed E-state index contributed by atoms with van der Waals surface area (Å²) in [6.45, 7) is 2.46. The Kier molecular flexibility index (Phi) is 3.66. The number of rotatable bonds is 4.